The molecule has 0 saturated carbocycles. The molecule has 8 heteroatoms. The van der Waals surface area contributed by atoms with Crippen LogP contribution in [0.15, 0.2) is 24.4 Å². The van der Waals surface area contributed by atoms with Crippen molar-refractivity contribution < 1.29 is 9.18 Å². The summed E-state index contributed by atoms with van der Waals surface area (Å²) < 4.78 is 13.2. The lowest BCUT2D eigenvalue weighted by molar-refractivity contribution is 0.102. The van der Waals surface area contributed by atoms with Gasteiger partial charge in [-0.2, -0.15) is 4.39 Å². The van der Waals surface area contributed by atoms with Crippen LogP contribution in [0.5, 0.6) is 0 Å². The highest BCUT2D eigenvalue weighted by Gasteiger charge is 2.13. The number of aromatic nitrogens is 3. The molecule has 0 unspecified atom stereocenters. The third kappa shape index (κ3) is 2.91. The molecule has 92 valence electrons. The molecule has 0 aliphatic rings. The van der Waals surface area contributed by atoms with Gasteiger partial charge in [0.2, 0.25) is 11.2 Å². The molecule has 1 amide bonds. The summed E-state index contributed by atoms with van der Waals surface area (Å²) in [6, 6.07) is 4.03. The molecule has 0 bridgehead atoms. The van der Waals surface area contributed by atoms with Gasteiger partial charge in [-0.15, -0.1) is 0 Å². The van der Waals surface area contributed by atoms with Crippen LogP contribution in [0.2, 0.25) is 10.4 Å². The van der Waals surface area contributed by atoms with Crippen LogP contribution in [0.3, 0.4) is 0 Å². The summed E-state index contributed by atoms with van der Waals surface area (Å²) in [7, 11) is 0. The first-order valence-corrected chi connectivity index (χ1v) is 5.44. The van der Waals surface area contributed by atoms with Crippen molar-refractivity contribution in [1.82, 2.24) is 15.0 Å². The molecule has 0 fully saturated rings. The summed E-state index contributed by atoms with van der Waals surface area (Å²) in [5.41, 5.74) is -0.205. The molecule has 2 heterocycles. The first-order chi connectivity index (χ1) is 8.56. The minimum absolute atomic E-state index is 0.0666. The van der Waals surface area contributed by atoms with E-state index >= 15 is 0 Å². The van der Waals surface area contributed by atoms with E-state index in [1.165, 1.54) is 24.4 Å². The largest absolute Gasteiger partial charge is 0.306 e. The van der Waals surface area contributed by atoms with Crippen molar-refractivity contribution in [2.24, 2.45) is 0 Å². The Bertz CT molecular complexity index is 588. The molecule has 2 aromatic rings. The second kappa shape index (κ2) is 5.24. The van der Waals surface area contributed by atoms with Crippen molar-refractivity contribution in [2.45, 2.75) is 0 Å². The van der Waals surface area contributed by atoms with Crippen LogP contribution in [-0.2, 0) is 0 Å². The third-order valence-electron chi connectivity index (χ3n) is 1.91. The zero-order valence-corrected chi connectivity index (χ0v) is 10.2. The van der Waals surface area contributed by atoms with E-state index in [2.05, 4.69) is 20.3 Å². The molecular formula is C10H5Cl2FN4O. The summed E-state index contributed by atoms with van der Waals surface area (Å²) >= 11 is 11.2. The summed E-state index contributed by atoms with van der Waals surface area (Å²) in [5, 5.41) is 2.29. The molecule has 0 aromatic carbocycles. The van der Waals surface area contributed by atoms with E-state index in [1.807, 2.05) is 0 Å². The van der Waals surface area contributed by atoms with Gasteiger partial charge < -0.3 is 5.32 Å². The maximum absolute atomic E-state index is 13.2. The van der Waals surface area contributed by atoms with E-state index in [1.54, 1.807) is 0 Å². The van der Waals surface area contributed by atoms with E-state index in [0.717, 1.165) is 0 Å². The molecule has 1 N–H and O–H groups in total. The van der Waals surface area contributed by atoms with E-state index in [-0.39, 0.29) is 21.8 Å². The molecule has 0 saturated heterocycles. The number of pyridine rings is 1. The standard InChI is InChI=1S/C10H5Cl2FN4O/c11-6-4-7(17-10(12)15-6)16-9(18)5-2-1-3-14-8(5)13/h1-4H,(H,15,16,17,18). The molecule has 0 spiro atoms. The molecule has 18 heavy (non-hydrogen) atoms. The van der Waals surface area contributed by atoms with Crippen LogP contribution >= 0.6 is 23.2 Å². The van der Waals surface area contributed by atoms with Gasteiger partial charge in [0.1, 0.15) is 11.0 Å². The van der Waals surface area contributed by atoms with Crippen molar-refractivity contribution in [3.8, 4) is 0 Å². The van der Waals surface area contributed by atoms with E-state index in [4.69, 9.17) is 23.2 Å². The van der Waals surface area contributed by atoms with Gasteiger partial charge in [0.05, 0.1) is 5.56 Å². The minimum Gasteiger partial charge on any atom is -0.306 e. The Morgan fingerprint density at radius 2 is 2.11 bits per heavy atom. The lowest BCUT2D eigenvalue weighted by Crippen LogP contribution is -2.15. The summed E-state index contributed by atoms with van der Waals surface area (Å²) in [5.74, 6) is -1.50. The lowest BCUT2D eigenvalue weighted by Gasteiger charge is -2.05. The van der Waals surface area contributed by atoms with E-state index in [9.17, 15) is 9.18 Å². The fourth-order valence-corrected chi connectivity index (χ4v) is 1.60. The van der Waals surface area contributed by atoms with Gasteiger partial charge >= 0.3 is 0 Å². The molecule has 5 nitrogen and oxygen atoms in total. The van der Waals surface area contributed by atoms with E-state index < -0.39 is 11.9 Å². The average Bonchev–Trinajstić information content (AvgIpc) is 2.27. The minimum atomic E-state index is -0.874. The lowest BCUT2D eigenvalue weighted by atomic mass is 10.2. The van der Waals surface area contributed by atoms with Crippen molar-refractivity contribution in [1.29, 1.82) is 0 Å². The molecule has 0 aliphatic carbocycles. The van der Waals surface area contributed by atoms with Crippen LogP contribution in [0.25, 0.3) is 0 Å². The van der Waals surface area contributed by atoms with Crippen molar-refractivity contribution >= 4 is 34.9 Å². The van der Waals surface area contributed by atoms with Crippen molar-refractivity contribution in [3.05, 3.63) is 46.3 Å². The zero-order chi connectivity index (χ0) is 13.1. The van der Waals surface area contributed by atoms with Gasteiger partial charge in [0.25, 0.3) is 5.91 Å². The molecule has 0 aliphatic heterocycles. The summed E-state index contributed by atoms with van der Waals surface area (Å²) in [6.07, 6.45) is 1.24. The van der Waals surface area contributed by atoms with Gasteiger partial charge in [-0.3, -0.25) is 4.79 Å². The van der Waals surface area contributed by atoms with Gasteiger partial charge in [0.15, 0.2) is 0 Å². The molecule has 0 atom stereocenters. The highest BCUT2D eigenvalue weighted by molar-refractivity contribution is 6.32. The Kier molecular flexibility index (Phi) is 3.69. The van der Waals surface area contributed by atoms with Crippen molar-refractivity contribution in [3.63, 3.8) is 0 Å². The van der Waals surface area contributed by atoms with E-state index in [0.29, 0.717) is 0 Å². The van der Waals surface area contributed by atoms with Crippen LogP contribution in [-0.4, -0.2) is 20.9 Å². The normalized spacial score (nSPS) is 10.2. The quantitative estimate of drug-likeness (QED) is 0.523. The Hall–Kier alpha value is -1.79. The highest BCUT2D eigenvalue weighted by atomic mass is 35.5. The second-order valence-electron chi connectivity index (χ2n) is 3.14. The van der Waals surface area contributed by atoms with Crippen molar-refractivity contribution in [2.75, 3.05) is 5.32 Å². The number of amides is 1. The molecule has 2 rings (SSSR count). The number of nitrogens with zero attached hydrogens (tertiary/aromatic N) is 3. The number of hydrogen-bond acceptors (Lipinski definition) is 4. The van der Waals surface area contributed by atoms with Gasteiger partial charge in [-0.05, 0) is 23.7 Å². The molecule has 2 aromatic heterocycles. The SMILES string of the molecule is O=C(Nc1cc(Cl)nc(Cl)n1)c1cccnc1F. The Morgan fingerprint density at radius 1 is 1.33 bits per heavy atom. The third-order valence-corrected chi connectivity index (χ3v) is 2.28. The molecular weight excluding hydrogens is 282 g/mol. The zero-order valence-electron chi connectivity index (χ0n) is 8.69. The number of rotatable bonds is 2. The monoisotopic (exact) mass is 286 g/mol. The number of carbonyl (C=O) groups excluding carboxylic acids is 1. The molecule has 0 radical (unpaired) electrons. The number of hydrogen-bond donors (Lipinski definition) is 1. The average molecular weight is 287 g/mol. The van der Waals surface area contributed by atoms with Crippen LogP contribution in [0.4, 0.5) is 10.2 Å². The Balaban J connectivity index is 2.24. The van der Waals surface area contributed by atoms with Gasteiger partial charge in [-0.25, -0.2) is 15.0 Å². The number of anilines is 1. The number of halogens is 3. The predicted octanol–water partition coefficient (Wildman–Crippen LogP) is 2.57. The van der Waals surface area contributed by atoms with Crippen LogP contribution in [0.1, 0.15) is 10.4 Å². The highest BCUT2D eigenvalue weighted by Crippen LogP contribution is 2.15. The number of carbonyl (C=O) groups is 1. The second-order valence-corrected chi connectivity index (χ2v) is 3.87. The topological polar surface area (TPSA) is 67.8 Å². The van der Waals surface area contributed by atoms with Crippen LogP contribution < -0.4 is 5.32 Å². The fraction of sp³-hybridized carbons (Fsp3) is 0. The number of nitrogens with one attached hydrogen (secondary N) is 1. The first-order valence-electron chi connectivity index (χ1n) is 4.68. The van der Waals surface area contributed by atoms with Gasteiger partial charge in [0, 0.05) is 12.3 Å². The first kappa shape index (κ1) is 12.7. The maximum atomic E-state index is 13.2. The maximum Gasteiger partial charge on any atom is 0.261 e. The predicted molar refractivity (Wildman–Crippen MR) is 64.2 cm³/mol. The smallest absolute Gasteiger partial charge is 0.261 e. The fourth-order valence-electron chi connectivity index (χ4n) is 1.19. The van der Waals surface area contributed by atoms with Gasteiger partial charge in [-0.1, -0.05) is 11.6 Å². The van der Waals surface area contributed by atoms with Crippen LogP contribution in [0, 0.1) is 5.95 Å². The Morgan fingerprint density at radius 3 is 2.78 bits per heavy atom. The summed E-state index contributed by atoms with van der Waals surface area (Å²) in [6.45, 7) is 0. The summed E-state index contributed by atoms with van der Waals surface area (Å²) in [4.78, 5) is 22.4. The Labute approximate surface area is 111 Å².